The van der Waals surface area contributed by atoms with Crippen LogP contribution in [0.3, 0.4) is 0 Å². The molecule has 4 rings (SSSR count). The fourth-order valence-electron chi connectivity index (χ4n) is 3.50. The molecule has 7 nitrogen and oxygen atoms in total. The smallest absolute Gasteiger partial charge is 0.340 e. The zero-order valence-corrected chi connectivity index (χ0v) is 19.8. The van der Waals surface area contributed by atoms with E-state index in [0.29, 0.717) is 13.0 Å². The van der Waals surface area contributed by atoms with Crippen LogP contribution in [-0.2, 0) is 26.0 Å². The minimum Gasteiger partial charge on any atom is -0.452 e. The van der Waals surface area contributed by atoms with E-state index in [0.717, 1.165) is 35.5 Å². The van der Waals surface area contributed by atoms with Crippen molar-refractivity contribution in [2.45, 2.75) is 11.3 Å². The van der Waals surface area contributed by atoms with Crippen LogP contribution in [0.25, 0.3) is 0 Å². The van der Waals surface area contributed by atoms with Gasteiger partial charge in [-0.1, -0.05) is 41.4 Å². The fraction of sp³-hybridized carbons (Fsp3) is 0.130. The van der Waals surface area contributed by atoms with Crippen molar-refractivity contribution in [3.8, 4) is 0 Å². The van der Waals surface area contributed by atoms with Crippen LogP contribution in [0.4, 0.5) is 15.8 Å². The first kappa shape index (κ1) is 24.0. The van der Waals surface area contributed by atoms with E-state index in [-0.39, 0.29) is 21.3 Å². The maximum absolute atomic E-state index is 13.1. The first-order chi connectivity index (χ1) is 16.2. The Morgan fingerprint density at radius 3 is 2.47 bits per heavy atom. The number of ether oxygens (including phenoxy) is 1. The predicted molar refractivity (Wildman–Crippen MR) is 126 cm³/mol. The number of sulfonamides is 1. The van der Waals surface area contributed by atoms with Gasteiger partial charge in [0.1, 0.15) is 10.7 Å². The molecule has 3 aromatic carbocycles. The minimum absolute atomic E-state index is 0.0908. The Labute approximate surface area is 205 Å². The number of carbonyl (C=O) groups excluding carboxylic acids is 2. The molecular weight excluding hydrogens is 506 g/mol. The lowest BCUT2D eigenvalue weighted by Gasteiger charge is -2.17. The number of carbonyl (C=O) groups is 2. The molecular formula is C23H17Cl2FN2O5S. The number of hydrogen-bond donors (Lipinski definition) is 1. The van der Waals surface area contributed by atoms with E-state index in [9.17, 15) is 22.4 Å². The Kier molecular flexibility index (Phi) is 6.79. The van der Waals surface area contributed by atoms with E-state index >= 15 is 0 Å². The number of rotatable bonds is 6. The van der Waals surface area contributed by atoms with Gasteiger partial charge in [-0.3, -0.25) is 9.52 Å². The summed E-state index contributed by atoms with van der Waals surface area (Å²) in [6.45, 7) is -0.0864. The van der Waals surface area contributed by atoms with Crippen LogP contribution in [0, 0.1) is 5.82 Å². The highest BCUT2D eigenvalue weighted by atomic mass is 35.5. The van der Waals surface area contributed by atoms with E-state index in [2.05, 4.69) is 4.72 Å². The number of benzene rings is 3. The van der Waals surface area contributed by atoms with Crippen molar-refractivity contribution in [1.29, 1.82) is 0 Å². The molecule has 0 radical (unpaired) electrons. The molecule has 1 aliphatic heterocycles. The SMILES string of the molecule is O=C(OCC(=O)N1CCc2ccccc21)c1cc(S(=O)(=O)Nc2ccc(F)cc2)c(Cl)cc1Cl. The van der Waals surface area contributed by atoms with Gasteiger partial charge in [-0.25, -0.2) is 17.6 Å². The molecule has 1 aliphatic rings. The maximum atomic E-state index is 13.1. The lowest BCUT2D eigenvalue weighted by molar-refractivity contribution is -0.121. The average Bonchev–Trinajstić information content (AvgIpc) is 3.23. The number of halogens is 3. The lowest BCUT2D eigenvalue weighted by atomic mass is 10.2. The van der Waals surface area contributed by atoms with Crippen LogP contribution in [0.1, 0.15) is 15.9 Å². The highest BCUT2D eigenvalue weighted by Crippen LogP contribution is 2.31. The van der Waals surface area contributed by atoms with Crippen LogP contribution in [0.5, 0.6) is 0 Å². The van der Waals surface area contributed by atoms with Crippen molar-refractivity contribution in [2.75, 3.05) is 22.8 Å². The lowest BCUT2D eigenvalue weighted by Crippen LogP contribution is -2.33. The summed E-state index contributed by atoms with van der Waals surface area (Å²) in [5.41, 5.74) is 1.59. The second-order valence-electron chi connectivity index (χ2n) is 7.38. The van der Waals surface area contributed by atoms with Gasteiger partial charge in [0.25, 0.3) is 15.9 Å². The molecule has 1 amide bonds. The third-order valence-electron chi connectivity index (χ3n) is 5.14. The third kappa shape index (κ3) is 5.01. The fourth-order valence-corrected chi connectivity index (χ4v) is 5.41. The molecule has 1 N–H and O–H groups in total. The number of nitrogens with one attached hydrogen (secondary N) is 1. The van der Waals surface area contributed by atoms with Gasteiger partial charge in [0, 0.05) is 17.9 Å². The predicted octanol–water partition coefficient (Wildman–Crippen LogP) is 4.68. The zero-order valence-electron chi connectivity index (χ0n) is 17.4. The molecule has 34 heavy (non-hydrogen) atoms. The Morgan fingerprint density at radius 2 is 1.74 bits per heavy atom. The monoisotopic (exact) mass is 522 g/mol. The van der Waals surface area contributed by atoms with Crippen molar-refractivity contribution < 1.29 is 27.1 Å². The van der Waals surface area contributed by atoms with Crippen molar-refractivity contribution in [2.24, 2.45) is 0 Å². The second-order valence-corrected chi connectivity index (χ2v) is 9.84. The number of para-hydroxylation sites is 1. The quantitative estimate of drug-likeness (QED) is 0.474. The van der Waals surface area contributed by atoms with Crippen LogP contribution < -0.4 is 9.62 Å². The summed E-state index contributed by atoms with van der Waals surface area (Å²) >= 11 is 12.2. The number of anilines is 2. The topological polar surface area (TPSA) is 92.8 Å². The van der Waals surface area contributed by atoms with Gasteiger partial charge in [0.2, 0.25) is 0 Å². The highest BCUT2D eigenvalue weighted by molar-refractivity contribution is 7.92. The van der Waals surface area contributed by atoms with Crippen molar-refractivity contribution in [3.05, 3.63) is 87.7 Å². The minimum atomic E-state index is -4.25. The summed E-state index contributed by atoms with van der Waals surface area (Å²) in [6.07, 6.45) is 0.696. The normalized spacial score (nSPS) is 12.9. The van der Waals surface area contributed by atoms with Gasteiger partial charge in [0.15, 0.2) is 6.61 Å². The summed E-state index contributed by atoms with van der Waals surface area (Å²) in [4.78, 5) is 26.3. The van der Waals surface area contributed by atoms with Crippen LogP contribution >= 0.6 is 23.2 Å². The van der Waals surface area contributed by atoms with Gasteiger partial charge in [0.05, 0.1) is 15.6 Å². The Balaban J connectivity index is 1.50. The number of esters is 1. The molecule has 0 bridgehead atoms. The third-order valence-corrected chi connectivity index (χ3v) is 7.30. The Hall–Kier alpha value is -3.14. The largest absolute Gasteiger partial charge is 0.452 e. The van der Waals surface area contributed by atoms with E-state index in [1.807, 2.05) is 24.3 Å². The second kappa shape index (κ2) is 9.61. The number of amides is 1. The summed E-state index contributed by atoms with van der Waals surface area (Å²) in [5, 5.41) is -0.379. The molecule has 0 fully saturated rings. The van der Waals surface area contributed by atoms with Crippen LogP contribution in [0.2, 0.25) is 10.0 Å². The summed E-state index contributed by atoms with van der Waals surface area (Å²) in [5.74, 6) is -1.94. The summed E-state index contributed by atoms with van der Waals surface area (Å²) < 4.78 is 46.1. The average molecular weight is 523 g/mol. The standard InChI is InChI=1S/C23H17Cl2FN2O5S/c24-18-12-19(25)21(34(31,32)27-16-7-5-15(26)6-8-16)11-17(18)23(30)33-13-22(29)28-10-9-14-3-1-2-4-20(14)28/h1-8,11-12,27H,9-10,13H2. The molecule has 0 unspecified atom stereocenters. The van der Waals surface area contributed by atoms with Crippen LogP contribution in [0.15, 0.2) is 65.6 Å². The summed E-state index contributed by atoms with van der Waals surface area (Å²) in [7, 11) is -4.25. The zero-order chi connectivity index (χ0) is 24.5. The van der Waals surface area contributed by atoms with Gasteiger partial charge in [-0.2, -0.15) is 0 Å². The van der Waals surface area contributed by atoms with Gasteiger partial charge in [-0.15, -0.1) is 0 Å². The molecule has 0 aromatic heterocycles. The molecule has 3 aromatic rings. The Morgan fingerprint density at radius 1 is 1.03 bits per heavy atom. The molecule has 1 heterocycles. The molecule has 0 spiro atoms. The van der Waals surface area contributed by atoms with Crippen molar-refractivity contribution in [1.82, 2.24) is 0 Å². The van der Waals surface area contributed by atoms with Crippen molar-refractivity contribution in [3.63, 3.8) is 0 Å². The first-order valence-corrected chi connectivity index (χ1v) is 12.2. The number of fused-ring (bicyclic) bond motifs is 1. The van der Waals surface area contributed by atoms with E-state index in [4.69, 9.17) is 27.9 Å². The molecule has 0 saturated heterocycles. The molecule has 176 valence electrons. The molecule has 0 aliphatic carbocycles. The van der Waals surface area contributed by atoms with Gasteiger partial charge in [-0.05, 0) is 54.4 Å². The van der Waals surface area contributed by atoms with Crippen LogP contribution in [-0.4, -0.2) is 33.4 Å². The molecule has 0 saturated carbocycles. The van der Waals surface area contributed by atoms with E-state index in [1.165, 1.54) is 17.0 Å². The van der Waals surface area contributed by atoms with E-state index < -0.39 is 39.2 Å². The summed E-state index contributed by atoms with van der Waals surface area (Å²) in [6, 6.07) is 14.1. The first-order valence-electron chi connectivity index (χ1n) is 9.98. The maximum Gasteiger partial charge on any atom is 0.340 e. The molecule has 0 atom stereocenters. The molecule has 11 heteroatoms. The van der Waals surface area contributed by atoms with Gasteiger partial charge >= 0.3 is 5.97 Å². The Bertz CT molecular complexity index is 1380. The highest BCUT2D eigenvalue weighted by Gasteiger charge is 2.27. The number of hydrogen-bond acceptors (Lipinski definition) is 5. The van der Waals surface area contributed by atoms with Crippen molar-refractivity contribution >= 4 is 56.5 Å². The van der Waals surface area contributed by atoms with E-state index in [1.54, 1.807) is 0 Å². The van der Waals surface area contributed by atoms with Gasteiger partial charge < -0.3 is 9.64 Å². The number of nitrogens with zero attached hydrogens (tertiary/aromatic N) is 1.